The van der Waals surface area contributed by atoms with E-state index in [1.807, 2.05) is 12.1 Å². The summed E-state index contributed by atoms with van der Waals surface area (Å²) in [6.45, 7) is 1.45. The number of aliphatic hydroxyl groups is 1. The van der Waals surface area contributed by atoms with Crippen LogP contribution < -0.4 is 10.6 Å². The quantitative estimate of drug-likeness (QED) is 0.874. The second-order valence-corrected chi connectivity index (χ2v) is 4.97. The second-order valence-electron chi connectivity index (χ2n) is 4.56. The molecular formula is C13H17ClN2O2. The number of rotatable bonds is 3. The molecule has 1 aliphatic heterocycles. The Kier molecular flexibility index (Phi) is 4.09. The molecule has 1 heterocycles. The fourth-order valence-electron chi connectivity index (χ4n) is 2.40. The lowest BCUT2D eigenvalue weighted by molar-refractivity contribution is -0.122. The smallest absolute Gasteiger partial charge is 0.220 e. The Labute approximate surface area is 111 Å². The summed E-state index contributed by atoms with van der Waals surface area (Å²) in [5, 5.41) is 9.96. The molecule has 1 fully saturated rings. The lowest BCUT2D eigenvalue weighted by Crippen LogP contribution is -2.39. The first kappa shape index (κ1) is 13.2. The molecule has 0 atom stereocenters. The third-order valence-corrected chi connectivity index (χ3v) is 3.84. The predicted molar refractivity (Wildman–Crippen MR) is 71.5 cm³/mol. The number of carbonyl (C=O) groups is 1. The van der Waals surface area contributed by atoms with Gasteiger partial charge in [0.15, 0.2) is 0 Å². The molecule has 1 amide bonds. The van der Waals surface area contributed by atoms with E-state index in [4.69, 9.17) is 17.3 Å². The summed E-state index contributed by atoms with van der Waals surface area (Å²) in [5.74, 6) is -0.249. The van der Waals surface area contributed by atoms with E-state index in [9.17, 15) is 9.90 Å². The van der Waals surface area contributed by atoms with Gasteiger partial charge in [-0.05, 0) is 25.0 Å². The van der Waals surface area contributed by atoms with Gasteiger partial charge in [0, 0.05) is 35.3 Å². The number of carbonyl (C=O) groups excluding carboxylic acids is 1. The first-order valence-corrected chi connectivity index (χ1v) is 6.43. The molecule has 1 saturated heterocycles. The summed E-state index contributed by atoms with van der Waals surface area (Å²) in [7, 11) is 0. The lowest BCUT2D eigenvalue weighted by Gasteiger charge is -2.33. The van der Waals surface area contributed by atoms with Crippen molar-refractivity contribution in [2.45, 2.75) is 19.4 Å². The van der Waals surface area contributed by atoms with Crippen molar-refractivity contribution in [1.82, 2.24) is 0 Å². The molecular weight excluding hydrogens is 252 g/mol. The zero-order valence-corrected chi connectivity index (χ0v) is 10.9. The monoisotopic (exact) mass is 268 g/mol. The van der Waals surface area contributed by atoms with Crippen molar-refractivity contribution in [2.75, 3.05) is 18.0 Å². The Balaban J connectivity index is 2.14. The topological polar surface area (TPSA) is 66.6 Å². The molecule has 5 heteroatoms. The van der Waals surface area contributed by atoms with E-state index in [0.717, 1.165) is 37.2 Å². The van der Waals surface area contributed by atoms with Gasteiger partial charge in [0.1, 0.15) is 0 Å². The molecule has 1 aromatic rings. The lowest BCUT2D eigenvalue weighted by atomic mass is 9.95. The maximum atomic E-state index is 11.1. The number of halogens is 1. The number of hydrogen-bond donors (Lipinski definition) is 2. The average molecular weight is 269 g/mol. The van der Waals surface area contributed by atoms with Gasteiger partial charge in [0.05, 0.1) is 6.61 Å². The van der Waals surface area contributed by atoms with E-state index in [-0.39, 0.29) is 18.4 Å². The molecule has 0 spiro atoms. The molecule has 18 heavy (non-hydrogen) atoms. The summed E-state index contributed by atoms with van der Waals surface area (Å²) >= 11 is 6.07. The Hall–Kier alpha value is -1.26. The van der Waals surface area contributed by atoms with Gasteiger partial charge in [-0.3, -0.25) is 4.79 Å². The third-order valence-electron chi connectivity index (χ3n) is 3.49. The van der Waals surface area contributed by atoms with Crippen LogP contribution in [0.2, 0.25) is 5.02 Å². The summed E-state index contributed by atoms with van der Waals surface area (Å²) < 4.78 is 0. The molecule has 4 nitrogen and oxygen atoms in total. The minimum Gasteiger partial charge on any atom is -0.392 e. The molecule has 98 valence electrons. The first-order valence-electron chi connectivity index (χ1n) is 6.06. The zero-order chi connectivity index (χ0) is 13.1. The molecule has 0 unspecified atom stereocenters. The van der Waals surface area contributed by atoms with E-state index < -0.39 is 0 Å². The fourth-order valence-corrected chi connectivity index (χ4v) is 2.63. The maximum Gasteiger partial charge on any atom is 0.220 e. The van der Waals surface area contributed by atoms with E-state index in [2.05, 4.69) is 4.90 Å². The molecule has 0 radical (unpaired) electrons. The molecule has 1 aliphatic rings. The van der Waals surface area contributed by atoms with Gasteiger partial charge in [-0.2, -0.15) is 0 Å². The Morgan fingerprint density at radius 2 is 2.11 bits per heavy atom. The Morgan fingerprint density at radius 1 is 1.44 bits per heavy atom. The van der Waals surface area contributed by atoms with Crippen LogP contribution in [0.15, 0.2) is 18.2 Å². The summed E-state index contributed by atoms with van der Waals surface area (Å²) in [4.78, 5) is 13.3. The van der Waals surface area contributed by atoms with Crippen molar-refractivity contribution < 1.29 is 9.90 Å². The number of primary amides is 1. The molecule has 0 bridgehead atoms. The van der Waals surface area contributed by atoms with Crippen molar-refractivity contribution in [2.24, 2.45) is 11.7 Å². The number of anilines is 1. The Morgan fingerprint density at radius 3 is 2.67 bits per heavy atom. The third kappa shape index (κ3) is 2.60. The highest BCUT2D eigenvalue weighted by molar-refractivity contribution is 6.31. The SMILES string of the molecule is NC(=O)C1CCN(c2cccc(Cl)c2CO)CC1. The number of benzene rings is 1. The standard InChI is InChI=1S/C13H17ClN2O2/c14-11-2-1-3-12(10(11)8-17)16-6-4-9(5-7-16)13(15)18/h1-3,9,17H,4-8H2,(H2,15,18). The first-order chi connectivity index (χ1) is 8.63. The van der Waals surface area contributed by atoms with Gasteiger partial charge in [0.25, 0.3) is 0 Å². The average Bonchev–Trinajstić information content (AvgIpc) is 2.38. The minimum atomic E-state index is -0.219. The molecule has 2 rings (SSSR count). The molecule has 0 aliphatic carbocycles. The van der Waals surface area contributed by atoms with Gasteiger partial charge < -0.3 is 15.7 Å². The van der Waals surface area contributed by atoms with E-state index >= 15 is 0 Å². The van der Waals surface area contributed by atoms with Crippen molar-refractivity contribution >= 4 is 23.2 Å². The number of nitrogens with zero attached hydrogens (tertiary/aromatic N) is 1. The van der Waals surface area contributed by atoms with Gasteiger partial charge in [0.2, 0.25) is 5.91 Å². The van der Waals surface area contributed by atoms with Crippen LogP contribution in [0.1, 0.15) is 18.4 Å². The van der Waals surface area contributed by atoms with Gasteiger partial charge >= 0.3 is 0 Å². The summed E-state index contributed by atoms with van der Waals surface area (Å²) in [6, 6.07) is 5.59. The van der Waals surface area contributed by atoms with Crippen LogP contribution in [0.5, 0.6) is 0 Å². The van der Waals surface area contributed by atoms with Crippen molar-refractivity contribution in [3.63, 3.8) is 0 Å². The number of piperidine rings is 1. The molecule has 1 aromatic carbocycles. The second kappa shape index (κ2) is 5.59. The Bertz CT molecular complexity index is 443. The van der Waals surface area contributed by atoms with Crippen LogP contribution >= 0.6 is 11.6 Å². The van der Waals surface area contributed by atoms with Crippen LogP contribution in [0.4, 0.5) is 5.69 Å². The van der Waals surface area contributed by atoms with Crippen molar-refractivity contribution in [3.05, 3.63) is 28.8 Å². The van der Waals surface area contributed by atoms with Crippen LogP contribution in [-0.4, -0.2) is 24.1 Å². The zero-order valence-electron chi connectivity index (χ0n) is 10.1. The normalized spacial score (nSPS) is 16.9. The highest BCUT2D eigenvalue weighted by atomic mass is 35.5. The van der Waals surface area contributed by atoms with Crippen LogP contribution in [0.25, 0.3) is 0 Å². The number of nitrogens with two attached hydrogens (primary N) is 1. The van der Waals surface area contributed by atoms with E-state index in [1.165, 1.54) is 0 Å². The summed E-state index contributed by atoms with van der Waals surface area (Å²) in [5.41, 5.74) is 7.01. The van der Waals surface area contributed by atoms with Gasteiger partial charge in [-0.25, -0.2) is 0 Å². The number of amides is 1. The van der Waals surface area contributed by atoms with Gasteiger partial charge in [-0.15, -0.1) is 0 Å². The molecule has 0 aromatic heterocycles. The largest absolute Gasteiger partial charge is 0.392 e. The van der Waals surface area contributed by atoms with Crippen LogP contribution in [0, 0.1) is 5.92 Å². The fraction of sp³-hybridized carbons (Fsp3) is 0.462. The van der Waals surface area contributed by atoms with Crippen molar-refractivity contribution in [3.8, 4) is 0 Å². The highest BCUT2D eigenvalue weighted by Crippen LogP contribution is 2.30. The van der Waals surface area contributed by atoms with Gasteiger partial charge in [-0.1, -0.05) is 17.7 Å². The predicted octanol–water partition coefficient (Wildman–Crippen LogP) is 1.53. The van der Waals surface area contributed by atoms with Crippen LogP contribution in [-0.2, 0) is 11.4 Å². The van der Waals surface area contributed by atoms with E-state index in [1.54, 1.807) is 6.07 Å². The molecule has 3 N–H and O–H groups in total. The highest BCUT2D eigenvalue weighted by Gasteiger charge is 2.24. The van der Waals surface area contributed by atoms with Crippen molar-refractivity contribution in [1.29, 1.82) is 0 Å². The minimum absolute atomic E-state index is 0.0296. The number of aliphatic hydroxyl groups excluding tert-OH is 1. The molecule has 0 saturated carbocycles. The van der Waals surface area contributed by atoms with Crippen LogP contribution in [0.3, 0.4) is 0 Å². The summed E-state index contributed by atoms with van der Waals surface area (Å²) in [6.07, 6.45) is 1.51. The number of hydrogen-bond acceptors (Lipinski definition) is 3. The van der Waals surface area contributed by atoms with E-state index in [0.29, 0.717) is 5.02 Å². The maximum absolute atomic E-state index is 11.1.